The fourth-order valence-corrected chi connectivity index (χ4v) is 8.49. The number of alkyl halides is 1. The second-order valence-corrected chi connectivity index (χ2v) is 13.0. The Bertz CT molecular complexity index is 1450. The summed E-state index contributed by atoms with van der Waals surface area (Å²) in [5, 5.41) is 6.41. The van der Waals surface area contributed by atoms with Gasteiger partial charge in [-0.1, -0.05) is 37.3 Å². The van der Waals surface area contributed by atoms with E-state index in [4.69, 9.17) is 14.7 Å². The van der Waals surface area contributed by atoms with Gasteiger partial charge in [0.15, 0.2) is 0 Å². The number of benzene rings is 2. The van der Waals surface area contributed by atoms with E-state index in [9.17, 15) is 4.39 Å². The van der Waals surface area contributed by atoms with Gasteiger partial charge in [-0.15, -0.1) is 0 Å². The molecule has 5 aliphatic heterocycles. The van der Waals surface area contributed by atoms with E-state index in [2.05, 4.69) is 63.3 Å². The fourth-order valence-electron chi connectivity index (χ4n) is 8.49. The van der Waals surface area contributed by atoms with Crippen LogP contribution in [0.15, 0.2) is 36.4 Å². The third-order valence-electron chi connectivity index (χ3n) is 10.5. The summed E-state index contributed by atoms with van der Waals surface area (Å²) in [6, 6.07) is 14.8. The molecule has 0 spiro atoms. The highest BCUT2D eigenvalue weighted by Crippen LogP contribution is 2.41. The number of ether oxygens (including phenoxy) is 1. The lowest BCUT2D eigenvalue weighted by molar-refractivity contribution is 0.107. The molecule has 2 unspecified atom stereocenters. The molecule has 216 valence electrons. The normalized spacial score (nSPS) is 29.3. The molecule has 0 saturated carbocycles. The number of hydrogen-bond acceptors (Lipinski definition) is 7. The summed E-state index contributed by atoms with van der Waals surface area (Å²) in [5.41, 5.74) is 4.81. The molecule has 1 N–H and O–H groups in total. The Balaban J connectivity index is 1.14. The molecule has 41 heavy (non-hydrogen) atoms. The van der Waals surface area contributed by atoms with Gasteiger partial charge in [0.1, 0.15) is 18.6 Å². The fraction of sp³-hybridized carbons (Fsp3) is 0.576. The molecule has 1 aromatic heterocycles. The van der Waals surface area contributed by atoms with E-state index in [1.54, 1.807) is 0 Å². The molecule has 7 nitrogen and oxygen atoms in total. The first-order valence-electron chi connectivity index (χ1n) is 15.8. The summed E-state index contributed by atoms with van der Waals surface area (Å²) >= 11 is 0. The second kappa shape index (κ2) is 10.1. The number of piperazine rings is 1. The zero-order valence-corrected chi connectivity index (χ0v) is 24.1. The molecule has 4 atom stereocenters. The summed E-state index contributed by atoms with van der Waals surface area (Å²) < 4.78 is 20.9. The molecular formula is C33H41FN6O. The van der Waals surface area contributed by atoms with Crippen molar-refractivity contribution in [3.63, 3.8) is 0 Å². The number of fused-ring (bicyclic) bond motifs is 5. The van der Waals surface area contributed by atoms with Gasteiger partial charge in [0.2, 0.25) is 0 Å². The van der Waals surface area contributed by atoms with Crippen molar-refractivity contribution in [1.82, 2.24) is 20.2 Å². The number of aromatic nitrogens is 2. The Labute approximate surface area is 242 Å². The molecule has 0 aliphatic carbocycles. The van der Waals surface area contributed by atoms with Gasteiger partial charge >= 0.3 is 6.01 Å². The first-order chi connectivity index (χ1) is 20.1. The monoisotopic (exact) mass is 556 g/mol. The topological polar surface area (TPSA) is 56.8 Å². The number of nitrogens with one attached hydrogen (secondary N) is 1. The molecule has 4 saturated heterocycles. The van der Waals surface area contributed by atoms with E-state index in [0.717, 1.165) is 69.9 Å². The number of rotatable bonds is 6. The van der Waals surface area contributed by atoms with E-state index in [1.807, 2.05) is 0 Å². The molecule has 6 heterocycles. The number of nitrogens with zero attached hydrogens (tertiary/aromatic N) is 5. The van der Waals surface area contributed by atoms with Crippen molar-refractivity contribution in [2.45, 2.75) is 82.2 Å². The molecule has 8 heteroatoms. The van der Waals surface area contributed by atoms with Crippen LogP contribution in [-0.2, 0) is 19.4 Å². The Morgan fingerprint density at radius 3 is 2.68 bits per heavy atom. The largest absolute Gasteiger partial charge is 0.461 e. The maximum atomic E-state index is 14.4. The van der Waals surface area contributed by atoms with Gasteiger partial charge in [0, 0.05) is 61.3 Å². The summed E-state index contributed by atoms with van der Waals surface area (Å²) in [7, 11) is 0. The molecule has 3 aromatic rings. The molecular weight excluding hydrogens is 515 g/mol. The lowest BCUT2D eigenvalue weighted by Gasteiger charge is -2.38. The van der Waals surface area contributed by atoms with Crippen LogP contribution >= 0.6 is 0 Å². The molecule has 8 rings (SSSR count). The lowest BCUT2D eigenvalue weighted by atomic mass is 9.95. The van der Waals surface area contributed by atoms with Crippen LogP contribution in [0.25, 0.3) is 10.8 Å². The third kappa shape index (κ3) is 4.45. The van der Waals surface area contributed by atoms with Gasteiger partial charge < -0.3 is 19.9 Å². The van der Waals surface area contributed by atoms with Crippen LogP contribution in [0.5, 0.6) is 6.01 Å². The van der Waals surface area contributed by atoms with Crippen LogP contribution in [0, 0.1) is 0 Å². The van der Waals surface area contributed by atoms with E-state index >= 15 is 0 Å². The van der Waals surface area contributed by atoms with Crippen LogP contribution in [0.2, 0.25) is 0 Å². The van der Waals surface area contributed by atoms with E-state index < -0.39 is 6.17 Å². The van der Waals surface area contributed by atoms with E-state index in [-0.39, 0.29) is 5.54 Å². The lowest BCUT2D eigenvalue weighted by Crippen LogP contribution is -2.52. The van der Waals surface area contributed by atoms with E-state index in [0.29, 0.717) is 37.7 Å². The summed E-state index contributed by atoms with van der Waals surface area (Å²) in [4.78, 5) is 17.5. The molecule has 2 aromatic carbocycles. The van der Waals surface area contributed by atoms with Gasteiger partial charge in [-0.2, -0.15) is 9.97 Å². The van der Waals surface area contributed by atoms with Crippen LogP contribution in [0.3, 0.4) is 0 Å². The van der Waals surface area contributed by atoms with Crippen LogP contribution in [-0.4, -0.2) is 78.0 Å². The minimum atomic E-state index is -0.766. The number of hydrogen-bond donors (Lipinski definition) is 1. The molecule has 0 amide bonds. The van der Waals surface area contributed by atoms with Crippen molar-refractivity contribution in [1.29, 1.82) is 0 Å². The SMILES string of the molecule is CCc1cccc2cccc(N3CCc4c(nc(OC[C@@]56CCCN5C[C@H](F)C6)nc4N4CC5CCC(C4)N5)C3)c12. The Hall–Kier alpha value is -2.97. The molecule has 2 bridgehead atoms. The average molecular weight is 557 g/mol. The number of anilines is 2. The Kier molecular flexibility index (Phi) is 6.33. The van der Waals surface area contributed by atoms with Crippen molar-refractivity contribution >= 4 is 22.3 Å². The number of halogens is 1. The van der Waals surface area contributed by atoms with Crippen molar-refractivity contribution in [3.8, 4) is 6.01 Å². The molecule has 0 radical (unpaired) electrons. The second-order valence-electron chi connectivity index (χ2n) is 13.0. The van der Waals surface area contributed by atoms with Gasteiger partial charge in [-0.25, -0.2) is 4.39 Å². The first-order valence-corrected chi connectivity index (χ1v) is 15.8. The van der Waals surface area contributed by atoms with Gasteiger partial charge in [-0.05, 0) is 62.1 Å². The van der Waals surface area contributed by atoms with Gasteiger partial charge in [-0.3, -0.25) is 4.90 Å². The Morgan fingerprint density at radius 1 is 1.02 bits per heavy atom. The minimum absolute atomic E-state index is 0.210. The van der Waals surface area contributed by atoms with Crippen molar-refractivity contribution in [2.24, 2.45) is 0 Å². The van der Waals surface area contributed by atoms with Gasteiger partial charge in [0.25, 0.3) is 0 Å². The van der Waals surface area contributed by atoms with Crippen LogP contribution in [0.4, 0.5) is 15.9 Å². The zero-order chi connectivity index (χ0) is 27.6. The van der Waals surface area contributed by atoms with Crippen LogP contribution in [0.1, 0.15) is 55.8 Å². The highest BCUT2D eigenvalue weighted by Gasteiger charge is 2.49. The summed E-state index contributed by atoms with van der Waals surface area (Å²) in [5.74, 6) is 1.06. The zero-order valence-electron chi connectivity index (χ0n) is 24.1. The Morgan fingerprint density at radius 2 is 1.85 bits per heavy atom. The summed E-state index contributed by atoms with van der Waals surface area (Å²) in [6.45, 7) is 7.83. The predicted molar refractivity (Wildman–Crippen MR) is 161 cm³/mol. The standard InChI is InChI=1S/C33H41FN6O/c1-2-22-6-3-7-23-8-4-9-29(30(22)23)38-15-12-27-28(20-38)36-32(37-31(27)39-18-25-10-11-26(19-39)35-25)41-21-33-13-5-14-40(33)17-24(34)16-33/h3-4,6-9,24-26,35H,2,5,10-21H2,1H3/t24-,25?,26?,33+/m1/s1. The smallest absolute Gasteiger partial charge is 0.318 e. The molecule has 4 fully saturated rings. The average Bonchev–Trinajstić information content (AvgIpc) is 3.64. The first kappa shape index (κ1) is 25.7. The quantitative estimate of drug-likeness (QED) is 0.474. The predicted octanol–water partition coefficient (Wildman–Crippen LogP) is 4.65. The highest BCUT2D eigenvalue weighted by atomic mass is 19.1. The van der Waals surface area contributed by atoms with E-state index in [1.165, 1.54) is 40.4 Å². The van der Waals surface area contributed by atoms with Crippen molar-refractivity contribution in [2.75, 3.05) is 49.1 Å². The summed E-state index contributed by atoms with van der Waals surface area (Å²) in [6.07, 6.45) is 6.27. The van der Waals surface area contributed by atoms with Gasteiger partial charge in [0.05, 0.1) is 17.8 Å². The van der Waals surface area contributed by atoms with Crippen molar-refractivity contribution < 1.29 is 9.13 Å². The number of aryl methyl sites for hydroxylation is 1. The minimum Gasteiger partial charge on any atom is -0.461 e. The molecule has 5 aliphatic rings. The maximum Gasteiger partial charge on any atom is 0.318 e. The van der Waals surface area contributed by atoms with Crippen LogP contribution < -0.4 is 19.9 Å². The van der Waals surface area contributed by atoms with Crippen molar-refractivity contribution in [3.05, 3.63) is 53.2 Å². The maximum absolute atomic E-state index is 14.4. The highest BCUT2D eigenvalue weighted by molar-refractivity contribution is 5.97. The third-order valence-corrected chi connectivity index (χ3v) is 10.5.